The molecule has 2 amide bonds. The summed E-state index contributed by atoms with van der Waals surface area (Å²) >= 11 is 0. The summed E-state index contributed by atoms with van der Waals surface area (Å²) in [6.45, 7) is 4.04. The van der Waals surface area contributed by atoms with Crippen molar-refractivity contribution in [3.8, 4) is 0 Å². The molecule has 5 atom stereocenters. The van der Waals surface area contributed by atoms with Crippen molar-refractivity contribution in [2.75, 3.05) is 23.3 Å². The first-order valence-corrected chi connectivity index (χ1v) is 10.7. The van der Waals surface area contributed by atoms with Crippen LogP contribution in [0.4, 0.5) is 11.4 Å². The minimum Gasteiger partial charge on any atom is -0.371 e. The molecule has 3 aliphatic rings. The van der Waals surface area contributed by atoms with E-state index in [4.69, 9.17) is 5.73 Å². The molecule has 1 aromatic rings. The first kappa shape index (κ1) is 24.8. The second-order valence-electron chi connectivity index (χ2n) is 8.84. The summed E-state index contributed by atoms with van der Waals surface area (Å²) in [5, 5.41) is 6.00. The molecule has 1 saturated heterocycles. The second-order valence-corrected chi connectivity index (χ2v) is 8.84. The van der Waals surface area contributed by atoms with Gasteiger partial charge in [-0.25, -0.2) is 0 Å². The summed E-state index contributed by atoms with van der Waals surface area (Å²) in [4.78, 5) is 27.5. The molecule has 2 aliphatic carbocycles. The van der Waals surface area contributed by atoms with Crippen LogP contribution in [0.2, 0.25) is 0 Å². The molecule has 2 saturated carbocycles. The first-order chi connectivity index (χ1) is 13.5. The number of carbonyl (C=O) groups excluding carboxylic acids is 2. The SMILES string of the molecule is CC(CC(=O)Nc1cccc(N2CCCC2)c1)NC(=O)C1C2CCC(C2)C1N.Cl.Cl. The molecule has 4 N–H and O–H groups in total. The molecular weight excluding hydrogens is 423 g/mol. The van der Waals surface area contributed by atoms with E-state index >= 15 is 0 Å². The predicted octanol–water partition coefficient (Wildman–Crippen LogP) is 3.34. The zero-order valence-electron chi connectivity index (χ0n) is 17.5. The maximum atomic E-state index is 12.7. The highest BCUT2D eigenvalue weighted by Crippen LogP contribution is 2.47. The number of anilines is 2. The zero-order chi connectivity index (χ0) is 19.7. The van der Waals surface area contributed by atoms with E-state index in [-0.39, 0.29) is 61.1 Å². The third-order valence-electron chi connectivity index (χ3n) is 6.76. The summed E-state index contributed by atoms with van der Waals surface area (Å²) in [7, 11) is 0. The lowest BCUT2D eigenvalue weighted by Gasteiger charge is -2.28. The van der Waals surface area contributed by atoms with Gasteiger partial charge >= 0.3 is 0 Å². The maximum Gasteiger partial charge on any atom is 0.226 e. The third kappa shape index (κ3) is 5.40. The number of hydrogen-bond acceptors (Lipinski definition) is 4. The van der Waals surface area contributed by atoms with Crippen LogP contribution in [0.25, 0.3) is 0 Å². The lowest BCUT2D eigenvalue weighted by molar-refractivity contribution is -0.127. The zero-order valence-corrected chi connectivity index (χ0v) is 19.1. The Hall–Kier alpha value is -1.50. The number of rotatable bonds is 6. The van der Waals surface area contributed by atoms with Crippen LogP contribution in [0.3, 0.4) is 0 Å². The van der Waals surface area contributed by atoms with Gasteiger partial charge in [0.05, 0.1) is 5.92 Å². The quantitative estimate of drug-likeness (QED) is 0.612. The standard InChI is InChI=1S/C22H32N4O2.2ClH/c1-14(24-22(28)20-15-7-8-16(12-15)21(20)23)11-19(27)25-17-5-4-6-18(13-17)26-9-2-3-10-26;;/h4-6,13-16,20-21H,2-3,7-12,23H2,1H3,(H,24,28)(H,25,27);2*1H. The lowest BCUT2D eigenvalue weighted by Crippen LogP contribution is -2.48. The maximum absolute atomic E-state index is 12.7. The summed E-state index contributed by atoms with van der Waals surface area (Å²) in [5.41, 5.74) is 8.23. The molecule has 1 heterocycles. The lowest BCUT2D eigenvalue weighted by atomic mass is 9.84. The van der Waals surface area contributed by atoms with Gasteiger partial charge in [0.15, 0.2) is 0 Å². The number of nitrogens with zero attached hydrogens (tertiary/aromatic N) is 1. The highest BCUT2D eigenvalue weighted by Gasteiger charge is 2.49. The van der Waals surface area contributed by atoms with Gasteiger partial charge in [0.25, 0.3) is 0 Å². The molecule has 1 aromatic carbocycles. The molecule has 0 spiro atoms. The normalized spacial score (nSPS) is 27.7. The molecule has 1 aliphatic heterocycles. The Bertz CT molecular complexity index is 740. The van der Waals surface area contributed by atoms with Crippen LogP contribution in [0.15, 0.2) is 24.3 Å². The summed E-state index contributed by atoms with van der Waals surface area (Å²) in [6.07, 6.45) is 6.06. The van der Waals surface area contributed by atoms with Gasteiger partial charge in [-0.1, -0.05) is 6.07 Å². The van der Waals surface area contributed by atoms with Crippen LogP contribution >= 0.6 is 24.8 Å². The van der Waals surface area contributed by atoms with Crippen molar-refractivity contribution < 1.29 is 9.59 Å². The monoisotopic (exact) mass is 456 g/mol. The van der Waals surface area contributed by atoms with E-state index in [1.54, 1.807) is 0 Å². The average Bonchev–Trinajstić information content (AvgIpc) is 3.39. The van der Waals surface area contributed by atoms with Gasteiger partial charge < -0.3 is 21.3 Å². The van der Waals surface area contributed by atoms with E-state index in [2.05, 4.69) is 21.6 Å². The Kier molecular flexibility index (Phi) is 8.83. The highest BCUT2D eigenvalue weighted by atomic mass is 35.5. The minimum atomic E-state index is -0.208. The molecule has 30 heavy (non-hydrogen) atoms. The molecule has 4 rings (SSSR count). The second kappa shape index (κ2) is 10.7. The highest BCUT2D eigenvalue weighted by molar-refractivity contribution is 5.92. The molecule has 6 nitrogen and oxygen atoms in total. The summed E-state index contributed by atoms with van der Waals surface area (Å²) in [6, 6.07) is 7.78. The first-order valence-electron chi connectivity index (χ1n) is 10.7. The van der Waals surface area contributed by atoms with Crippen molar-refractivity contribution in [1.82, 2.24) is 5.32 Å². The fraction of sp³-hybridized carbons (Fsp3) is 0.636. The van der Waals surface area contributed by atoms with Crippen LogP contribution in [0, 0.1) is 17.8 Å². The number of fused-ring (bicyclic) bond motifs is 2. The molecule has 2 bridgehead atoms. The number of amides is 2. The van der Waals surface area contributed by atoms with E-state index in [9.17, 15) is 9.59 Å². The van der Waals surface area contributed by atoms with E-state index in [1.807, 2.05) is 25.1 Å². The van der Waals surface area contributed by atoms with Gasteiger partial charge in [-0.05, 0) is 69.1 Å². The van der Waals surface area contributed by atoms with Crippen LogP contribution in [0.1, 0.15) is 45.4 Å². The Labute approximate surface area is 191 Å². The number of nitrogens with two attached hydrogens (primary N) is 1. The van der Waals surface area contributed by atoms with E-state index in [1.165, 1.54) is 12.8 Å². The summed E-state index contributed by atoms with van der Waals surface area (Å²) in [5.74, 6) is 0.789. The van der Waals surface area contributed by atoms with Crippen molar-refractivity contribution >= 4 is 48.0 Å². The van der Waals surface area contributed by atoms with E-state index in [0.29, 0.717) is 11.8 Å². The molecule has 5 unspecified atom stereocenters. The van der Waals surface area contributed by atoms with Gasteiger partial charge in [0, 0.05) is 43.0 Å². The fourth-order valence-corrected chi connectivity index (χ4v) is 5.36. The largest absolute Gasteiger partial charge is 0.371 e. The molecule has 8 heteroatoms. The van der Waals surface area contributed by atoms with Crippen LogP contribution < -0.4 is 21.3 Å². The van der Waals surface area contributed by atoms with Crippen molar-refractivity contribution in [2.24, 2.45) is 23.5 Å². The minimum absolute atomic E-state index is 0. The topological polar surface area (TPSA) is 87.5 Å². The number of halogens is 2. The Morgan fingerprint density at radius 1 is 1.17 bits per heavy atom. The number of hydrogen-bond donors (Lipinski definition) is 3. The molecule has 0 aromatic heterocycles. The van der Waals surface area contributed by atoms with Gasteiger partial charge in [0.1, 0.15) is 0 Å². The van der Waals surface area contributed by atoms with Gasteiger partial charge in [0.2, 0.25) is 11.8 Å². The molecule has 168 valence electrons. The van der Waals surface area contributed by atoms with Crippen LogP contribution in [0.5, 0.6) is 0 Å². The average molecular weight is 457 g/mol. The Morgan fingerprint density at radius 3 is 2.53 bits per heavy atom. The van der Waals surface area contributed by atoms with Gasteiger partial charge in [-0.15, -0.1) is 24.8 Å². The third-order valence-corrected chi connectivity index (χ3v) is 6.76. The Balaban J connectivity index is 0.00000160. The number of nitrogens with one attached hydrogen (secondary N) is 2. The number of benzene rings is 1. The van der Waals surface area contributed by atoms with E-state index in [0.717, 1.165) is 43.7 Å². The summed E-state index contributed by atoms with van der Waals surface area (Å²) < 4.78 is 0. The molecule has 0 radical (unpaired) electrons. The van der Waals surface area contributed by atoms with E-state index < -0.39 is 0 Å². The van der Waals surface area contributed by atoms with Crippen LogP contribution in [-0.2, 0) is 9.59 Å². The van der Waals surface area contributed by atoms with Crippen molar-refractivity contribution in [1.29, 1.82) is 0 Å². The van der Waals surface area contributed by atoms with Gasteiger partial charge in [-0.2, -0.15) is 0 Å². The van der Waals surface area contributed by atoms with Crippen molar-refractivity contribution in [2.45, 2.75) is 57.5 Å². The predicted molar refractivity (Wildman–Crippen MR) is 126 cm³/mol. The van der Waals surface area contributed by atoms with Crippen molar-refractivity contribution in [3.63, 3.8) is 0 Å². The molecule has 3 fully saturated rings. The number of carbonyl (C=O) groups is 2. The smallest absolute Gasteiger partial charge is 0.226 e. The fourth-order valence-electron chi connectivity index (χ4n) is 5.36. The Morgan fingerprint density at radius 2 is 1.87 bits per heavy atom. The van der Waals surface area contributed by atoms with Gasteiger partial charge in [-0.3, -0.25) is 9.59 Å². The van der Waals surface area contributed by atoms with Crippen molar-refractivity contribution in [3.05, 3.63) is 24.3 Å². The van der Waals surface area contributed by atoms with Crippen LogP contribution in [-0.4, -0.2) is 37.0 Å². The molecular formula is C22H34Cl2N4O2.